The van der Waals surface area contributed by atoms with E-state index in [0.29, 0.717) is 0 Å². The van der Waals surface area contributed by atoms with E-state index >= 15 is 0 Å². The molecule has 14 heavy (non-hydrogen) atoms. The van der Waals surface area contributed by atoms with Crippen molar-refractivity contribution in [3.63, 3.8) is 0 Å². The minimum absolute atomic E-state index is 0.00222. The molecule has 1 rings (SSSR count). The molecule has 1 aromatic carbocycles. The van der Waals surface area contributed by atoms with Gasteiger partial charge >= 0.3 is 5.97 Å². The van der Waals surface area contributed by atoms with Crippen LogP contribution in [0.25, 0.3) is 0 Å². The number of carboxylic acids is 1. The van der Waals surface area contributed by atoms with Crippen molar-refractivity contribution < 1.29 is 19.4 Å². The van der Waals surface area contributed by atoms with Crippen LogP contribution in [-0.2, 0) is 10.5 Å². The maximum atomic E-state index is 13.8. The minimum Gasteiger partial charge on any atom is -0.508 e. The molecular weight excluding hydrogens is 187 g/mol. The fourth-order valence-electron chi connectivity index (χ4n) is 1.29. The first kappa shape index (κ1) is 10.5. The van der Waals surface area contributed by atoms with Gasteiger partial charge in [0.15, 0.2) is 0 Å². The third kappa shape index (κ3) is 2.22. The smallest absolute Gasteiger partial charge is 0.306 e. The lowest BCUT2D eigenvalue weighted by Crippen LogP contribution is -2.20. The number of carbonyl (C=O) groups is 1. The largest absolute Gasteiger partial charge is 0.508 e. The Kier molecular flexibility index (Phi) is 2.74. The second-order valence-electron chi connectivity index (χ2n) is 3.29. The molecule has 4 heteroatoms. The first-order valence-electron chi connectivity index (χ1n) is 4.12. The number of hydrogen-bond acceptors (Lipinski definition) is 2. The number of benzene rings is 1. The number of carboxylic acid groups (broad SMARTS) is 1. The number of rotatable bonds is 3. The summed E-state index contributed by atoms with van der Waals surface area (Å²) in [4.78, 5) is 10.4. The fraction of sp³-hybridized carbons (Fsp3) is 0.300. The summed E-state index contributed by atoms with van der Waals surface area (Å²) in [5, 5.41) is 17.8. The molecule has 1 unspecified atom stereocenters. The Labute approximate surface area is 80.8 Å². The zero-order valence-corrected chi connectivity index (χ0v) is 7.70. The van der Waals surface area contributed by atoms with Gasteiger partial charge in [0, 0.05) is 5.56 Å². The van der Waals surface area contributed by atoms with Gasteiger partial charge in [-0.25, -0.2) is 4.39 Å². The lowest BCUT2D eigenvalue weighted by atomic mass is 9.94. The van der Waals surface area contributed by atoms with E-state index in [4.69, 9.17) is 5.11 Å². The summed E-state index contributed by atoms with van der Waals surface area (Å²) in [6.45, 7) is 1.14. The van der Waals surface area contributed by atoms with Crippen LogP contribution in [0.4, 0.5) is 4.39 Å². The van der Waals surface area contributed by atoms with E-state index < -0.39 is 18.1 Å². The Morgan fingerprint density at radius 1 is 1.50 bits per heavy atom. The molecule has 0 heterocycles. The molecule has 0 aliphatic rings. The van der Waals surface area contributed by atoms with E-state index in [9.17, 15) is 14.3 Å². The van der Waals surface area contributed by atoms with E-state index in [2.05, 4.69) is 0 Å². The van der Waals surface area contributed by atoms with Gasteiger partial charge in [0.05, 0.1) is 6.42 Å². The number of aromatic hydroxyl groups is 1. The average Bonchev–Trinajstić information content (AvgIpc) is 2.02. The molecule has 0 bridgehead atoms. The number of halogens is 1. The van der Waals surface area contributed by atoms with Crippen LogP contribution >= 0.6 is 0 Å². The van der Waals surface area contributed by atoms with Crippen LogP contribution in [0.3, 0.4) is 0 Å². The van der Waals surface area contributed by atoms with E-state index in [0.717, 1.165) is 6.92 Å². The highest BCUT2D eigenvalue weighted by molar-refractivity contribution is 5.68. The topological polar surface area (TPSA) is 57.5 Å². The van der Waals surface area contributed by atoms with Crippen molar-refractivity contribution in [1.29, 1.82) is 0 Å². The Morgan fingerprint density at radius 2 is 2.07 bits per heavy atom. The molecule has 0 aliphatic carbocycles. The first-order valence-corrected chi connectivity index (χ1v) is 4.12. The molecule has 1 atom stereocenters. The monoisotopic (exact) mass is 198 g/mol. The van der Waals surface area contributed by atoms with Gasteiger partial charge in [-0.2, -0.15) is 0 Å². The van der Waals surface area contributed by atoms with Gasteiger partial charge in [-0.05, 0) is 13.0 Å². The molecule has 0 amide bonds. The Hall–Kier alpha value is -1.58. The molecule has 0 saturated carbocycles. The molecule has 0 fully saturated rings. The molecular formula is C10H11FO3. The van der Waals surface area contributed by atoms with Crippen molar-refractivity contribution in [3.8, 4) is 5.75 Å². The molecule has 2 N–H and O–H groups in total. The lowest BCUT2D eigenvalue weighted by molar-refractivity contribution is -0.140. The van der Waals surface area contributed by atoms with Crippen LogP contribution in [-0.4, -0.2) is 16.2 Å². The van der Waals surface area contributed by atoms with E-state index in [1.807, 2.05) is 0 Å². The highest BCUT2D eigenvalue weighted by Crippen LogP contribution is 2.34. The van der Waals surface area contributed by atoms with Gasteiger partial charge in [0.2, 0.25) is 0 Å². The van der Waals surface area contributed by atoms with Gasteiger partial charge in [-0.3, -0.25) is 4.79 Å². The fourth-order valence-corrected chi connectivity index (χ4v) is 1.29. The second-order valence-corrected chi connectivity index (χ2v) is 3.29. The van der Waals surface area contributed by atoms with E-state index in [1.165, 1.54) is 12.1 Å². The van der Waals surface area contributed by atoms with Crippen LogP contribution in [0.2, 0.25) is 0 Å². The zero-order valence-electron chi connectivity index (χ0n) is 7.70. The van der Waals surface area contributed by atoms with Gasteiger partial charge in [-0.15, -0.1) is 0 Å². The van der Waals surface area contributed by atoms with E-state index in [1.54, 1.807) is 12.1 Å². The summed E-state index contributed by atoms with van der Waals surface area (Å²) in [5.41, 5.74) is -2.04. The number of hydrogen-bond donors (Lipinski definition) is 2. The molecule has 0 saturated heterocycles. The maximum absolute atomic E-state index is 13.8. The quantitative estimate of drug-likeness (QED) is 0.781. The SMILES string of the molecule is CC(F)(CC(=O)O)c1ccccc1O. The van der Waals surface area contributed by atoms with Crippen molar-refractivity contribution in [2.75, 3.05) is 0 Å². The van der Waals surface area contributed by atoms with Crippen LogP contribution in [0.5, 0.6) is 5.75 Å². The van der Waals surface area contributed by atoms with Crippen molar-refractivity contribution in [2.45, 2.75) is 19.0 Å². The molecule has 0 aromatic heterocycles. The molecule has 1 aromatic rings. The summed E-state index contributed by atoms with van der Waals surface area (Å²) < 4.78 is 13.8. The highest BCUT2D eigenvalue weighted by atomic mass is 19.1. The third-order valence-corrected chi connectivity index (χ3v) is 1.95. The number of aliphatic carboxylic acids is 1. The Bertz CT molecular complexity index is 347. The molecule has 0 spiro atoms. The van der Waals surface area contributed by atoms with Crippen molar-refractivity contribution >= 4 is 5.97 Å². The minimum atomic E-state index is -2.04. The summed E-state index contributed by atoms with van der Waals surface area (Å²) >= 11 is 0. The van der Waals surface area contributed by atoms with Gasteiger partial charge in [0.25, 0.3) is 0 Å². The van der Waals surface area contributed by atoms with Crippen LogP contribution in [0.15, 0.2) is 24.3 Å². The number of phenolic OH excluding ortho intramolecular Hbond substituents is 1. The van der Waals surface area contributed by atoms with Crippen LogP contribution in [0.1, 0.15) is 18.9 Å². The first-order chi connectivity index (χ1) is 6.43. The summed E-state index contributed by atoms with van der Waals surface area (Å²) in [5.74, 6) is -1.46. The predicted molar refractivity (Wildman–Crippen MR) is 48.8 cm³/mol. The maximum Gasteiger partial charge on any atom is 0.306 e. The molecule has 76 valence electrons. The van der Waals surface area contributed by atoms with Gasteiger partial charge in [-0.1, -0.05) is 18.2 Å². The normalized spacial score (nSPS) is 14.7. The van der Waals surface area contributed by atoms with Crippen molar-refractivity contribution in [2.24, 2.45) is 0 Å². The van der Waals surface area contributed by atoms with Crippen molar-refractivity contribution in [3.05, 3.63) is 29.8 Å². The van der Waals surface area contributed by atoms with Gasteiger partial charge < -0.3 is 10.2 Å². The average molecular weight is 198 g/mol. The molecule has 0 radical (unpaired) electrons. The Morgan fingerprint density at radius 3 is 2.57 bits per heavy atom. The van der Waals surface area contributed by atoms with Gasteiger partial charge in [0.1, 0.15) is 11.4 Å². The van der Waals surface area contributed by atoms with Crippen molar-refractivity contribution in [1.82, 2.24) is 0 Å². The van der Waals surface area contributed by atoms with Crippen LogP contribution < -0.4 is 0 Å². The summed E-state index contributed by atoms with van der Waals surface area (Å²) in [6, 6.07) is 5.80. The predicted octanol–water partition coefficient (Wildman–Crippen LogP) is 2.05. The number of alkyl halides is 1. The Balaban J connectivity index is 3.03. The van der Waals surface area contributed by atoms with Crippen LogP contribution in [0, 0.1) is 0 Å². The summed E-state index contributed by atoms with van der Waals surface area (Å²) in [7, 11) is 0. The highest BCUT2D eigenvalue weighted by Gasteiger charge is 2.31. The second kappa shape index (κ2) is 3.65. The van der Waals surface area contributed by atoms with E-state index in [-0.39, 0.29) is 11.3 Å². The molecule has 3 nitrogen and oxygen atoms in total. The standard InChI is InChI=1S/C10H11FO3/c1-10(11,6-9(13)14)7-4-2-3-5-8(7)12/h2-5,12H,6H2,1H3,(H,13,14). The third-order valence-electron chi connectivity index (χ3n) is 1.95. The summed E-state index contributed by atoms with van der Waals surface area (Å²) in [6.07, 6.45) is -0.662. The number of para-hydroxylation sites is 1. The zero-order chi connectivity index (χ0) is 10.8. The number of phenols is 1. The lowest BCUT2D eigenvalue weighted by Gasteiger charge is -2.19. The molecule has 0 aliphatic heterocycles.